The monoisotopic (exact) mass is 389 g/mol. The quantitative estimate of drug-likeness (QED) is 0.665. The van der Waals surface area contributed by atoms with Crippen molar-refractivity contribution in [3.8, 4) is 5.75 Å². The van der Waals surface area contributed by atoms with Gasteiger partial charge in [-0.25, -0.2) is 0 Å². The summed E-state index contributed by atoms with van der Waals surface area (Å²) in [6, 6.07) is 4.01. The van der Waals surface area contributed by atoms with Gasteiger partial charge < -0.3 is 10.4 Å². The number of rotatable bonds is 8. The molecule has 0 bridgehead atoms. The van der Waals surface area contributed by atoms with E-state index in [2.05, 4.69) is 34.8 Å². The van der Waals surface area contributed by atoms with Crippen LogP contribution in [0.2, 0.25) is 0 Å². The second-order valence-corrected chi connectivity index (χ2v) is 6.20. The highest BCUT2D eigenvalue weighted by Gasteiger charge is 2.09. The Morgan fingerprint density at radius 3 is 2.65 bits per heavy atom. The number of benzene rings is 1. The summed E-state index contributed by atoms with van der Waals surface area (Å²) in [6.07, 6.45) is 5.28. The molecular formula is C16H24INO2. The van der Waals surface area contributed by atoms with E-state index >= 15 is 0 Å². The third-order valence-corrected chi connectivity index (χ3v) is 4.04. The van der Waals surface area contributed by atoms with Gasteiger partial charge >= 0.3 is 0 Å². The van der Waals surface area contributed by atoms with Crippen molar-refractivity contribution >= 4 is 28.5 Å². The standard InChI is InChI=1S/C16H24INO2/c1-3-5-6-13-10-12(11-14(17)16(13)20)7-8-15(19)18-9-4-2/h10-11,20H,3-9H2,1-2H3,(H,18,19). The van der Waals surface area contributed by atoms with Crippen molar-refractivity contribution in [2.75, 3.05) is 6.54 Å². The fourth-order valence-corrected chi connectivity index (χ4v) is 2.78. The first-order chi connectivity index (χ1) is 9.58. The van der Waals surface area contributed by atoms with Crippen molar-refractivity contribution in [2.24, 2.45) is 0 Å². The molecule has 2 N–H and O–H groups in total. The van der Waals surface area contributed by atoms with Crippen LogP contribution >= 0.6 is 22.6 Å². The molecule has 1 aromatic carbocycles. The maximum atomic E-state index is 11.6. The van der Waals surface area contributed by atoms with Gasteiger partial charge in [-0.1, -0.05) is 26.3 Å². The second kappa shape index (κ2) is 9.21. The van der Waals surface area contributed by atoms with E-state index in [0.29, 0.717) is 12.2 Å². The predicted molar refractivity (Wildman–Crippen MR) is 91.1 cm³/mol. The van der Waals surface area contributed by atoms with E-state index in [4.69, 9.17) is 0 Å². The lowest BCUT2D eigenvalue weighted by molar-refractivity contribution is -0.121. The molecule has 0 aromatic heterocycles. The number of hydrogen-bond acceptors (Lipinski definition) is 2. The highest BCUT2D eigenvalue weighted by atomic mass is 127. The van der Waals surface area contributed by atoms with Gasteiger partial charge in [-0.05, 0) is 65.5 Å². The van der Waals surface area contributed by atoms with Gasteiger partial charge in [0.15, 0.2) is 0 Å². The number of carbonyl (C=O) groups excluding carboxylic acids is 1. The minimum absolute atomic E-state index is 0.102. The molecule has 0 aliphatic rings. The van der Waals surface area contributed by atoms with E-state index in [-0.39, 0.29) is 5.91 Å². The number of phenols is 1. The summed E-state index contributed by atoms with van der Waals surface area (Å²) in [5.74, 6) is 0.503. The highest BCUT2D eigenvalue weighted by Crippen LogP contribution is 2.28. The number of unbranched alkanes of at least 4 members (excludes halogenated alkanes) is 1. The zero-order chi connectivity index (χ0) is 15.0. The molecule has 1 aromatic rings. The van der Waals surface area contributed by atoms with Crippen molar-refractivity contribution in [2.45, 2.75) is 52.4 Å². The van der Waals surface area contributed by atoms with Crippen molar-refractivity contribution < 1.29 is 9.90 Å². The van der Waals surface area contributed by atoms with Gasteiger partial charge in [-0.3, -0.25) is 4.79 Å². The van der Waals surface area contributed by atoms with Gasteiger partial charge in [0.1, 0.15) is 5.75 Å². The summed E-state index contributed by atoms with van der Waals surface area (Å²) in [7, 11) is 0. The van der Waals surface area contributed by atoms with E-state index in [1.165, 1.54) is 0 Å². The number of nitrogens with one attached hydrogen (secondary N) is 1. The molecule has 3 nitrogen and oxygen atoms in total. The third kappa shape index (κ3) is 5.69. The second-order valence-electron chi connectivity index (χ2n) is 5.04. The normalized spacial score (nSPS) is 10.6. The van der Waals surface area contributed by atoms with Crippen molar-refractivity contribution in [1.29, 1.82) is 0 Å². The van der Waals surface area contributed by atoms with Crippen LogP contribution in [0.25, 0.3) is 0 Å². The van der Waals surface area contributed by atoms with Crippen LogP contribution in [0.4, 0.5) is 0 Å². The summed E-state index contributed by atoms with van der Waals surface area (Å²) in [6.45, 7) is 4.93. The number of aromatic hydroxyl groups is 1. The van der Waals surface area contributed by atoms with Crippen LogP contribution in [-0.2, 0) is 17.6 Å². The molecule has 1 amide bonds. The topological polar surface area (TPSA) is 49.3 Å². The van der Waals surface area contributed by atoms with Crippen LogP contribution in [0.15, 0.2) is 12.1 Å². The number of halogens is 1. The van der Waals surface area contributed by atoms with Crippen molar-refractivity contribution in [1.82, 2.24) is 5.32 Å². The van der Waals surface area contributed by atoms with E-state index < -0.39 is 0 Å². The van der Waals surface area contributed by atoms with Gasteiger partial charge in [0, 0.05) is 13.0 Å². The van der Waals surface area contributed by atoms with Crippen molar-refractivity contribution in [3.63, 3.8) is 0 Å². The molecule has 20 heavy (non-hydrogen) atoms. The Labute approximate surface area is 135 Å². The Bertz CT molecular complexity index is 446. The van der Waals surface area contributed by atoms with E-state index in [0.717, 1.165) is 53.3 Å². The van der Waals surface area contributed by atoms with Crippen molar-refractivity contribution in [3.05, 3.63) is 26.8 Å². The van der Waals surface area contributed by atoms with Gasteiger partial charge in [0.05, 0.1) is 3.57 Å². The fourth-order valence-electron chi connectivity index (χ4n) is 2.03. The average Bonchev–Trinajstić information content (AvgIpc) is 2.44. The zero-order valence-corrected chi connectivity index (χ0v) is 14.5. The largest absolute Gasteiger partial charge is 0.507 e. The molecule has 0 saturated heterocycles. The first-order valence-corrected chi connectivity index (χ1v) is 8.43. The molecule has 0 aliphatic heterocycles. The Kier molecular flexibility index (Phi) is 7.95. The summed E-state index contributed by atoms with van der Waals surface area (Å²) >= 11 is 2.16. The van der Waals surface area contributed by atoms with E-state index in [1.807, 2.05) is 19.1 Å². The van der Waals surface area contributed by atoms with Gasteiger partial charge in [-0.15, -0.1) is 0 Å². The summed E-state index contributed by atoms with van der Waals surface area (Å²) < 4.78 is 0.875. The van der Waals surface area contributed by atoms with E-state index in [1.54, 1.807) is 0 Å². The Morgan fingerprint density at radius 2 is 2.00 bits per heavy atom. The van der Waals surface area contributed by atoms with Gasteiger partial charge in [-0.2, -0.15) is 0 Å². The van der Waals surface area contributed by atoms with Crippen LogP contribution in [0.1, 0.15) is 50.7 Å². The molecule has 0 heterocycles. The van der Waals surface area contributed by atoms with E-state index in [9.17, 15) is 9.90 Å². The van der Waals surface area contributed by atoms with Crippen LogP contribution < -0.4 is 5.32 Å². The molecule has 0 spiro atoms. The lowest BCUT2D eigenvalue weighted by Crippen LogP contribution is -2.24. The van der Waals surface area contributed by atoms with Crippen LogP contribution in [0.5, 0.6) is 5.75 Å². The van der Waals surface area contributed by atoms with Crippen LogP contribution in [-0.4, -0.2) is 17.6 Å². The summed E-state index contributed by atoms with van der Waals surface area (Å²) in [5, 5.41) is 12.9. The first kappa shape index (κ1) is 17.3. The lowest BCUT2D eigenvalue weighted by Gasteiger charge is -2.10. The number of phenolic OH excluding ortho intramolecular Hbond substituents is 1. The van der Waals surface area contributed by atoms with Crippen LogP contribution in [0.3, 0.4) is 0 Å². The molecule has 0 radical (unpaired) electrons. The summed E-state index contributed by atoms with van der Waals surface area (Å²) in [5.41, 5.74) is 2.13. The number of hydrogen-bond donors (Lipinski definition) is 2. The Balaban J connectivity index is 2.65. The highest BCUT2D eigenvalue weighted by molar-refractivity contribution is 14.1. The SMILES string of the molecule is CCCCc1cc(CCC(=O)NCCC)cc(I)c1O. The minimum Gasteiger partial charge on any atom is -0.507 e. The number of carbonyl (C=O) groups is 1. The average molecular weight is 389 g/mol. The van der Waals surface area contributed by atoms with Gasteiger partial charge in [0.25, 0.3) is 0 Å². The fraction of sp³-hybridized carbons (Fsp3) is 0.562. The third-order valence-electron chi connectivity index (χ3n) is 3.21. The lowest BCUT2D eigenvalue weighted by atomic mass is 10.0. The molecule has 1 rings (SSSR count). The summed E-state index contributed by atoms with van der Waals surface area (Å²) in [4.78, 5) is 11.6. The molecular weight excluding hydrogens is 365 g/mol. The maximum Gasteiger partial charge on any atom is 0.220 e. The predicted octanol–water partition coefficient (Wildman–Crippen LogP) is 3.80. The molecule has 0 fully saturated rings. The van der Waals surface area contributed by atoms with Crippen LogP contribution in [0, 0.1) is 3.57 Å². The minimum atomic E-state index is 0.102. The molecule has 4 heteroatoms. The molecule has 0 unspecified atom stereocenters. The maximum absolute atomic E-state index is 11.6. The number of amides is 1. The zero-order valence-electron chi connectivity index (χ0n) is 12.3. The molecule has 0 atom stereocenters. The molecule has 112 valence electrons. The smallest absolute Gasteiger partial charge is 0.220 e. The molecule has 0 saturated carbocycles. The first-order valence-electron chi connectivity index (χ1n) is 7.35. The van der Waals surface area contributed by atoms with Gasteiger partial charge in [0.2, 0.25) is 5.91 Å². The Morgan fingerprint density at radius 1 is 1.25 bits per heavy atom. The number of aryl methyl sites for hydroxylation is 2. The Hall–Kier alpha value is -0.780. The molecule has 0 aliphatic carbocycles.